The minimum Gasteiger partial charge on any atom is -0.371 e. The summed E-state index contributed by atoms with van der Waals surface area (Å²) in [5.41, 5.74) is 8.77. The standard InChI is InChI=1S/C15H26N2S/c1-5-14(16)10-13-8-6-7-9-15(13)17(3)12(2)11-18-4/h6-9,12,14H,5,10-11,16H2,1-4H3. The zero-order chi connectivity index (χ0) is 13.5. The van der Waals surface area contributed by atoms with Crippen molar-refractivity contribution in [2.75, 3.05) is 24.0 Å². The van der Waals surface area contributed by atoms with Crippen LogP contribution < -0.4 is 10.6 Å². The van der Waals surface area contributed by atoms with Gasteiger partial charge in [0.1, 0.15) is 0 Å². The molecule has 2 unspecified atom stereocenters. The molecule has 0 saturated carbocycles. The van der Waals surface area contributed by atoms with Gasteiger partial charge in [-0.25, -0.2) is 0 Å². The van der Waals surface area contributed by atoms with Crippen molar-refractivity contribution in [3.63, 3.8) is 0 Å². The van der Waals surface area contributed by atoms with E-state index in [1.54, 1.807) is 0 Å². The number of hydrogen-bond acceptors (Lipinski definition) is 3. The SMILES string of the molecule is CCC(N)Cc1ccccc1N(C)C(C)CSC. The molecule has 1 rings (SSSR count). The van der Waals surface area contributed by atoms with Crippen LogP contribution in [0.3, 0.4) is 0 Å². The molecule has 0 aliphatic heterocycles. The molecular weight excluding hydrogens is 240 g/mol. The van der Waals surface area contributed by atoms with Crippen molar-refractivity contribution in [3.05, 3.63) is 29.8 Å². The van der Waals surface area contributed by atoms with Crippen LogP contribution in [0.25, 0.3) is 0 Å². The Morgan fingerprint density at radius 2 is 2.00 bits per heavy atom. The van der Waals surface area contributed by atoms with Gasteiger partial charge < -0.3 is 10.6 Å². The van der Waals surface area contributed by atoms with Gasteiger partial charge in [0, 0.05) is 30.6 Å². The predicted molar refractivity (Wildman–Crippen MR) is 84.7 cm³/mol. The lowest BCUT2D eigenvalue weighted by Crippen LogP contribution is -2.32. The molecule has 0 bridgehead atoms. The van der Waals surface area contributed by atoms with Crippen molar-refractivity contribution in [2.24, 2.45) is 5.73 Å². The van der Waals surface area contributed by atoms with Gasteiger partial charge in [-0.3, -0.25) is 0 Å². The molecule has 1 aromatic rings. The van der Waals surface area contributed by atoms with Crippen LogP contribution in [0.2, 0.25) is 0 Å². The van der Waals surface area contributed by atoms with Gasteiger partial charge in [-0.15, -0.1) is 0 Å². The van der Waals surface area contributed by atoms with Crippen molar-refractivity contribution in [1.29, 1.82) is 0 Å². The third kappa shape index (κ3) is 4.21. The molecule has 1 aromatic carbocycles. The van der Waals surface area contributed by atoms with Crippen LogP contribution in [0.4, 0.5) is 5.69 Å². The monoisotopic (exact) mass is 266 g/mol. The number of para-hydroxylation sites is 1. The second-order valence-corrected chi connectivity index (χ2v) is 5.83. The number of anilines is 1. The Morgan fingerprint density at radius 1 is 1.33 bits per heavy atom. The van der Waals surface area contributed by atoms with Crippen molar-refractivity contribution in [2.45, 2.75) is 38.8 Å². The first-order valence-electron chi connectivity index (χ1n) is 6.65. The van der Waals surface area contributed by atoms with Crippen LogP contribution in [0.5, 0.6) is 0 Å². The summed E-state index contributed by atoms with van der Waals surface area (Å²) < 4.78 is 0. The summed E-state index contributed by atoms with van der Waals surface area (Å²) in [6.45, 7) is 4.42. The third-order valence-corrected chi connectivity index (χ3v) is 4.26. The van der Waals surface area contributed by atoms with Crippen molar-refractivity contribution >= 4 is 17.4 Å². The summed E-state index contributed by atoms with van der Waals surface area (Å²) in [4.78, 5) is 2.37. The molecule has 0 fully saturated rings. The molecule has 0 saturated heterocycles. The van der Waals surface area contributed by atoms with Crippen LogP contribution in [-0.4, -0.2) is 31.1 Å². The lowest BCUT2D eigenvalue weighted by atomic mass is 10.0. The van der Waals surface area contributed by atoms with Gasteiger partial charge in [-0.1, -0.05) is 25.1 Å². The highest BCUT2D eigenvalue weighted by Gasteiger charge is 2.14. The third-order valence-electron chi connectivity index (χ3n) is 3.45. The van der Waals surface area contributed by atoms with Gasteiger partial charge in [-0.2, -0.15) is 11.8 Å². The van der Waals surface area contributed by atoms with Gasteiger partial charge in [0.25, 0.3) is 0 Å². The van der Waals surface area contributed by atoms with Gasteiger partial charge in [0.05, 0.1) is 0 Å². The minimum atomic E-state index is 0.260. The number of nitrogens with two attached hydrogens (primary N) is 1. The molecular formula is C15H26N2S. The Balaban J connectivity index is 2.86. The Hall–Kier alpha value is -0.670. The van der Waals surface area contributed by atoms with Gasteiger partial charge >= 0.3 is 0 Å². The molecule has 18 heavy (non-hydrogen) atoms. The second-order valence-electron chi connectivity index (χ2n) is 4.92. The number of thioether (sulfide) groups is 1. The first kappa shape index (κ1) is 15.4. The molecule has 0 radical (unpaired) electrons. The molecule has 0 amide bonds. The molecule has 0 aromatic heterocycles. The van der Waals surface area contributed by atoms with E-state index in [1.807, 2.05) is 11.8 Å². The molecule has 2 N–H and O–H groups in total. The summed E-state index contributed by atoms with van der Waals surface area (Å²) in [7, 11) is 2.18. The van der Waals surface area contributed by atoms with Crippen molar-refractivity contribution < 1.29 is 0 Å². The van der Waals surface area contributed by atoms with Crippen LogP contribution in [0, 0.1) is 0 Å². The van der Waals surface area contributed by atoms with E-state index in [2.05, 4.69) is 56.3 Å². The Bertz CT molecular complexity index is 354. The normalized spacial score (nSPS) is 14.3. The van der Waals surface area contributed by atoms with E-state index < -0.39 is 0 Å². The molecule has 3 heteroatoms. The Morgan fingerprint density at radius 3 is 2.61 bits per heavy atom. The Kier molecular flexibility index (Phi) is 6.58. The van der Waals surface area contributed by atoms with Crippen LogP contribution in [0.1, 0.15) is 25.8 Å². The average molecular weight is 266 g/mol. The molecule has 0 aliphatic rings. The number of benzene rings is 1. The molecule has 0 spiro atoms. The summed E-state index contributed by atoms with van der Waals surface area (Å²) in [6, 6.07) is 9.42. The number of nitrogens with zero attached hydrogens (tertiary/aromatic N) is 1. The van der Waals surface area contributed by atoms with E-state index in [4.69, 9.17) is 5.73 Å². The van der Waals surface area contributed by atoms with E-state index in [0.717, 1.165) is 18.6 Å². The molecule has 0 heterocycles. The fourth-order valence-electron chi connectivity index (χ4n) is 2.04. The molecule has 2 atom stereocenters. The maximum absolute atomic E-state index is 6.09. The highest BCUT2D eigenvalue weighted by atomic mass is 32.2. The van der Waals surface area contributed by atoms with Crippen molar-refractivity contribution in [1.82, 2.24) is 0 Å². The average Bonchev–Trinajstić information content (AvgIpc) is 2.38. The van der Waals surface area contributed by atoms with E-state index >= 15 is 0 Å². The zero-order valence-corrected chi connectivity index (χ0v) is 12.8. The van der Waals surface area contributed by atoms with Gasteiger partial charge in [-0.05, 0) is 37.7 Å². The minimum absolute atomic E-state index is 0.260. The van der Waals surface area contributed by atoms with Gasteiger partial charge in [0.15, 0.2) is 0 Å². The fourth-order valence-corrected chi connectivity index (χ4v) is 2.75. The fraction of sp³-hybridized carbons (Fsp3) is 0.600. The van der Waals surface area contributed by atoms with Gasteiger partial charge in [0.2, 0.25) is 0 Å². The maximum atomic E-state index is 6.09. The second kappa shape index (κ2) is 7.70. The van der Waals surface area contributed by atoms with Crippen LogP contribution in [0.15, 0.2) is 24.3 Å². The first-order valence-corrected chi connectivity index (χ1v) is 8.04. The van der Waals surface area contributed by atoms with E-state index in [1.165, 1.54) is 11.3 Å². The topological polar surface area (TPSA) is 29.3 Å². The summed E-state index contributed by atoms with van der Waals surface area (Å²) >= 11 is 1.89. The van der Waals surface area contributed by atoms with E-state index in [-0.39, 0.29) is 6.04 Å². The molecule has 0 aliphatic carbocycles. The van der Waals surface area contributed by atoms with E-state index in [0.29, 0.717) is 6.04 Å². The maximum Gasteiger partial charge on any atom is 0.0399 e. The lowest BCUT2D eigenvalue weighted by molar-refractivity contribution is 0.643. The smallest absolute Gasteiger partial charge is 0.0399 e. The van der Waals surface area contributed by atoms with Crippen molar-refractivity contribution in [3.8, 4) is 0 Å². The quantitative estimate of drug-likeness (QED) is 0.822. The highest BCUT2D eigenvalue weighted by Crippen LogP contribution is 2.23. The van der Waals surface area contributed by atoms with E-state index in [9.17, 15) is 0 Å². The summed E-state index contributed by atoms with van der Waals surface area (Å²) in [5.74, 6) is 1.14. The largest absolute Gasteiger partial charge is 0.371 e. The number of hydrogen-bond donors (Lipinski definition) is 1. The lowest BCUT2D eigenvalue weighted by Gasteiger charge is -2.29. The predicted octanol–water partition coefficient (Wildman–Crippen LogP) is 3.15. The molecule has 102 valence electrons. The zero-order valence-electron chi connectivity index (χ0n) is 12.0. The number of rotatable bonds is 7. The molecule has 2 nitrogen and oxygen atoms in total. The Labute approximate surface area is 116 Å². The van der Waals surface area contributed by atoms with Crippen LogP contribution >= 0.6 is 11.8 Å². The van der Waals surface area contributed by atoms with Crippen LogP contribution in [-0.2, 0) is 6.42 Å². The highest BCUT2D eigenvalue weighted by molar-refractivity contribution is 7.98. The summed E-state index contributed by atoms with van der Waals surface area (Å²) in [6.07, 6.45) is 4.14. The summed E-state index contributed by atoms with van der Waals surface area (Å²) in [5, 5.41) is 0. The first-order chi connectivity index (χ1) is 8.60.